The number of amides is 2. The van der Waals surface area contributed by atoms with Crippen molar-refractivity contribution in [3.8, 4) is 11.5 Å². The lowest BCUT2D eigenvalue weighted by Crippen LogP contribution is -2.74. The van der Waals surface area contributed by atoms with Crippen LogP contribution in [0.25, 0.3) is 10.9 Å². The Hall–Kier alpha value is -6.17. The van der Waals surface area contributed by atoms with E-state index in [0.717, 1.165) is 51.9 Å². The highest BCUT2D eigenvalue weighted by molar-refractivity contribution is 5.91. The molecular weight excluding hydrogens is 1000 g/mol. The van der Waals surface area contributed by atoms with Gasteiger partial charge in [0, 0.05) is 113 Å². The van der Waals surface area contributed by atoms with Gasteiger partial charge in [-0.1, -0.05) is 42.8 Å². The number of fused-ring (bicyclic) bond motifs is 4. The number of para-hydroxylation sites is 1. The van der Waals surface area contributed by atoms with Crippen molar-refractivity contribution in [1.82, 2.24) is 34.4 Å². The topological polar surface area (TPSA) is 281 Å². The van der Waals surface area contributed by atoms with Crippen LogP contribution in [0.5, 0.6) is 11.5 Å². The smallest absolute Gasteiger partial charge is 0.317 e. The van der Waals surface area contributed by atoms with Gasteiger partial charge in [-0.15, -0.1) is 0 Å². The Morgan fingerprint density at radius 3 is 2.13 bits per heavy atom. The van der Waals surface area contributed by atoms with Gasteiger partial charge in [-0.05, 0) is 98.4 Å². The van der Waals surface area contributed by atoms with Crippen LogP contribution in [-0.4, -0.2) is 210 Å². The normalized spacial score (nSPS) is 24.9. The number of carboxylic acids is 3. The average molecular weight is 1080 g/mol. The Labute approximate surface area is 452 Å². The number of aromatic nitrogens is 1. The molecule has 2 amide bonds. The number of anilines is 1. The number of aromatic hydroxyl groups is 1. The van der Waals surface area contributed by atoms with Crippen LogP contribution in [0.1, 0.15) is 79.0 Å². The summed E-state index contributed by atoms with van der Waals surface area (Å²) < 4.78 is 8.95. The van der Waals surface area contributed by atoms with Gasteiger partial charge < -0.3 is 55.7 Å². The fourth-order valence-electron chi connectivity index (χ4n) is 13.6. The first-order valence-corrected chi connectivity index (χ1v) is 27.7. The van der Waals surface area contributed by atoms with Crippen molar-refractivity contribution in [3.63, 3.8) is 0 Å². The predicted molar refractivity (Wildman–Crippen MR) is 286 cm³/mol. The third-order valence-electron chi connectivity index (χ3n) is 17.4. The van der Waals surface area contributed by atoms with E-state index in [1.807, 2.05) is 36.4 Å². The quantitative estimate of drug-likeness (QED) is 0.0427. The van der Waals surface area contributed by atoms with Crippen molar-refractivity contribution in [2.75, 3.05) is 96.9 Å². The van der Waals surface area contributed by atoms with E-state index in [4.69, 9.17) is 4.74 Å². The number of phenolic OH excluding ortho intramolecular Hbond substituents is 1. The molecule has 3 aromatic carbocycles. The molecule has 1 spiro atoms. The minimum Gasteiger partial charge on any atom is -0.504 e. The van der Waals surface area contributed by atoms with Crippen molar-refractivity contribution in [3.05, 3.63) is 88.6 Å². The van der Waals surface area contributed by atoms with Gasteiger partial charge in [0.2, 0.25) is 11.8 Å². The summed E-state index contributed by atoms with van der Waals surface area (Å²) in [5, 5.41) is 80.8. The van der Waals surface area contributed by atoms with E-state index < -0.39 is 47.4 Å². The van der Waals surface area contributed by atoms with Gasteiger partial charge >= 0.3 is 17.9 Å². The zero-order chi connectivity index (χ0) is 54.9. The largest absolute Gasteiger partial charge is 0.504 e. The first-order valence-electron chi connectivity index (χ1n) is 27.7. The number of carboxylic acid groups (broad SMARTS) is 3. The summed E-state index contributed by atoms with van der Waals surface area (Å²) in [4.78, 5) is 72.0. The number of rotatable bonds is 21. The van der Waals surface area contributed by atoms with Crippen LogP contribution in [0.2, 0.25) is 0 Å². The molecule has 3 fully saturated rings. The number of hydrogen-bond acceptors (Lipinski definition) is 15. The van der Waals surface area contributed by atoms with Crippen molar-refractivity contribution >= 4 is 46.3 Å². The third kappa shape index (κ3) is 11.6. The van der Waals surface area contributed by atoms with Gasteiger partial charge in [0.25, 0.3) is 0 Å². The Kier molecular flexibility index (Phi) is 16.5. The number of likely N-dealkylation sites (tertiary alicyclic amines) is 1. The van der Waals surface area contributed by atoms with Crippen molar-refractivity contribution in [2.24, 2.45) is 5.92 Å². The van der Waals surface area contributed by atoms with Crippen LogP contribution < -0.4 is 15.4 Å². The number of unbranched alkanes of at least 4 members (excludes halogenated alkanes) is 2. The zero-order valence-corrected chi connectivity index (χ0v) is 44.1. The van der Waals surface area contributed by atoms with E-state index in [0.29, 0.717) is 68.8 Å². The highest BCUT2D eigenvalue weighted by Crippen LogP contribution is 2.69. The Bertz CT molecular complexity index is 2880. The van der Waals surface area contributed by atoms with Crippen LogP contribution in [-0.2, 0) is 55.2 Å². The highest BCUT2D eigenvalue weighted by atomic mass is 16.5. The maximum absolute atomic E-state index is 13.9. The van der Waals surface area contributed by atoms with Crippen LogP contribution >= 0.6 is 0 Å². The number of aliphatic carboxylic acids is 3. The molecule has 3 aliphatic heterocycles. The standard InChI is InChI=1S/C57H74N8O13/c66-44-16-13-38-27-45-57(77)28-42-41-6-3-4-7-43(41)65(53(42)55-56(57,52(38)54(44)78-55)17-19-64(45)29-37-9-10-37)31-47(68)58-18-5-1-2-8-46(67)59-39-14-11-36(12-15-39)26-40-30-62(34-50(73)74)23-22-60(32-48(69)70)20-21-61(33-49(71)72)24-25-63(40)35-51(75)76/h3-4,6-7,11-16,37,40,45,50,55,66,73-74,77H,1-2,5,8-10,17-35H2,(H,58,68)(H,59,67)(H,69,70)(H,71,72)(H,75,76). The lowest BCUT2D eigenvalue weighted by molar-refractivity contribution is -0.173. The molecule has 0 radical (unpaired) electrons. The summed E-state index contributed by atoms with van der Waals surface area (Å²) in [6.45, 7) is 2.66. The first-order chi connectivity index (χ1) is 37.5. The molecule has 1 aromatic heterocycles. The molecule has 420 valence electrons. The summed E-state index contributed by atoms with van der Waals surface area (Å²) in [5.41, 5.74) is 4.29. The predicted octanol–water partition coefficient (Wildman–Crippen LogP) is 2.06. The molecule has 2 bridgehead atoms. The molecule has 78 heavy (non-hydrogen) atoms. The monoisotopic (exact) mass is 1080 g/mol. The molecule has 21 nitrogen and oxygen atoms in total. The molecule has 2 saturated heterocycles. The number of nitrogens with one attached hydrogen (secondary N) is 2. The van der Waals surface area contributed by atoms with Crippen molar-refractivity contribution in [1.29, 1.82) is 0 Å². The average Bonchev–Trinajstić information content (AvgIpc) is 2.09. The van der Waals surface area contributed by atoms with Gasteiger partial charge in [0.1, 0.15) is 6.54 Å². The lowest BCUT2D eigenvalue weighted by atomic mass is 9.49. The SMILES string of the molecule is O=C(O)CN1CCN(CC(=O)O)CCN(CC(=O)O)C(Cc2ccc(NC(=O)CCCCCNC(=O)Cn3c4c(c5ccccc53)CC3(O)C5Cc6ccc(O)c7c6C3(CCN5CC3CC3)C4O7)cc2)CN(CC(O)O)CC1. The second-order valence-electron chi connectivity index (χ2n) is 22.6. The van der Waals surface area contributed by atoms with Gasteiger partial charge in [-0.25, -0.2) is 0 Å². The minimum atomic E-state index is -1.70. The van der Waals surface area contributed by atoms with Gasteiger partial charge in [0.05, 0.1) is 36.3 Å². The van der Waals surface area contributed by atoms with Crippen molar-refractivity contribution in [2.45, 2.75) is 106 Å². The number of aliphatic hydroxyl groups is 3. The number of aliphatic hydroxyl groups excluding tert-OH is 1. The third-order valence-corrected chi connectivity index (χ3v) is 17.4. The highest BCUT2D eigenvalue weighted by Gasteiger charge is 2.73. The lowest BCUT2D eigenvalue weighted by Gasteiger charge is -2.63. The minimum absolute atomic E-state index is 0.0494. The van der Waals surface area contributed by atoms with Gasteiger partial charge in [-0.2, -0.15) is 0 Å². The number of nitrogens with zero attached hydrogens (tertiary/aromatic N) is 6. The van der Waals surface area contributed by atoms with Gasteiger partial charge in [0.15, 0.2) is 23.9 Å². The molecule has 4 heterocycles. The summed E-state index contributed by atoms with van der Waals surface area (Å²) >= 11 is 0. The van der Waals surface area contributed by atoms with E-state index in [1.54, 1.807) is 37.8 Å². The summed E-state index contributed by atoms with van der Waals surface area (Å²) in [7, 11) is 0. The maximum Gasteiger partial charge on any atom is 0.317 e. The van der Waals surface area contributed by atoms with Crippen LogP contribution in [0.4, 0.5) is 5.69 Å². The summed E-state index contributed by atoms with van der Waals surface area (Å²) in [5.74, 6) is -2.36. The number of β-amino-alcohol motifs (C(OH)–C–C–N with tert-alkyl or cyclic N) is 2. The second kappa shape index (κ2) is 23.3. The molecule has 5 unspecified atom stereocenters. The number of phenols is 1. The van der Waals surface area contributed by atoms with Crippen LogP contribution in [0.15, 0.2) is 60.7 Å². The Balaban J connectivity index is 0.741. The van der Waals surface area contributed by atoms with Crippen LogP contribution in [0, 0.1) is 5.92 Å². The molecule has 21 heteroatoms. The molecule has 3 aliphatic carbocycles. The molecule has 4 aromatic rings. The number of benzene rings is 3. The number of hydrogen-bond donors (Lipinski definition) is 9. The van der Waals surface area contributed by atoms with E-state index in [-0.39, 0.29) is 109 Å². The van der Waals surface area contributed by atoms with Crippen LogP contribution in [0.3, 0.4) is 0 Å². The molecule has 1 saturated carbocycles. The molecule has 10 rings (SSSR count). The van der Waals surface area contributed by atoms with E-state index in [9.17, 15) is 59.7 Å². The Morgan fingerprint density at radius 2 is 1.44 bits per heavy atom. The van der Waals surface area contributed by atoms with E-state index >= 15 is 0 Å². The summed E-state index contributed by atoms with van der Waals surface area (Å²) in [6.07, 6.45) is 4.46. The van der Waals surface area contributed by atoms with E-state index in [1.165, 1.54) is 12.8 Å². The van der Waals surface area contributed by atoms with Crippen molar-refractivity contribution < 1.29 is 64.5 Å². The fourth-order valence-corrected chi connectivity index (χ4v) is 13.6. The van der Waals surface area contributed by atoms with Gasteiger partial charge in [-0.3, -0.25) is 48.5 Å². The summed E-state index contributed by atoms with van der Waals surface area (Å²) in [6, 6.07) is 18.4. The maximum atomic E-state index is 13.9. The number of carbonyl (C=O) groups excluding carboxylic acids is 2. The fraction of sp³-hybridized carbons (Fsp3) is 0.561. The zero-order valence-electron chi connectivity index (χ0n) is 44.1. The molecule has 6 aliphatic rings. The second-order valence-corrected chi connectivity index (χ2v) is 22.6. The number of piperidine rings is 1. The molecule has 9 N–H and O–H groups in total. The number of carbonyl (C=O) groups is 5. The Morgan fingerprint density at radius 1 is 0.744 bits per heavy atom. The number of ether oxygens (including phenoxy) is 1. The molecular formula is C57H74N8O13. The van der Waals surface area contributed by atoms with E-state index in [2.05, 4.69) is 26.2 Å². The first kappa shape index (κ1) is 55.2. The molecule has 5 atom stereocenters.